The molecule has 5 nitrogen and oxygen atoms in total. The second kappa shape index (κ2) is 5.13. The van der Waals surface area contributed by atoms with Crippen molar-refractivity contribution in [1.82, 2.24) is 9.55 Å². The van der Waals surface area contributed by atoms with E-state index in [2.05, 4.69) is 15.2 Å². The van der Waals surface area contributed by atoms with E-state index in [0.29, 0.717) is 5.68 Å². The third-order valence-electron chi connectivity index (χ3n) is 3.04. The summed E-state index contributed by atoms with van der Waals surface area (Å²) in [6.07, 6.45) is 1.73. The van der Waals surface area contributed by atoms with Crippen molar-refractivity contribution in [1.29, 1.82) is 0 Å². The topological polar surface area (TPSA) is 55.7 Å². The summed E-state index contributed by atoms with van der Waals surface area (Å²) in [6, 6.07) is 13.5. The fourth-order valence-corrected chi connectivity index (χ4v) is 1.92. The zero-order valence-corrected chi connectivity index (χ0v) is 11.3. The number of fused-ring (bicyclic) bond motifs is 1. The molecule has 2 aromatic heterocycles. The molecule has 0 atom stereocenters. The van der Waals surface area contributed by atoms with Crippen LogP contribution < -0.4 is 5.68 Å². The van der Waals surface area contributed by atoms with Gasteiger partial charge in [0.25, 0.3) is 0 Å². The molecular weight excluding hydrogens is 252 g/mol. The van der Waals surface area contributed by atoms with Crippen LogP contribution >= 0.6 is 0 Å². The van der Waals surface area contributed by atoms with E-state index >= 15 is 0 Å². The highest BCUT2D eigenvalue weighted by Gasteiger charge is 2.03. The van der Waals surface area contributed by atoms with Gasteiger partial charge in [-0.05, 0) is 31.2 Å². The van der Waals surface area contributed by atoms with Crippen LogP contribution in [0.3, 0.4) is 0 Å². The number of aryl methyl sites for hydroxylation is 1. The number of rotatable bonds is 2. The zero-order chi connectivity index (χ0) is 13.9. The number of nitrogens with zero attached hydrogens (tertiary/aromatic N) is 4. The van der Waals surface area contributed by atoms with Crippen molar-refractivity contribution < 1.29 is 4.42 Å². The molecule has 0 spiro atoms. The van der Waals surface area contributed by atoms with Crippen LogP contribution in [0.1, 0.15) is 12.6 Å². The van der Waals surface area contributed by atoms with Crippen molar-refractivity contribution in [3.05, 3.63) is 60.0 Å². The molecule has 0 N–H and O–H groups in total. The lowest BCUT2D eigenvalue weighted by Crippen LogP contribution is -2.11. The molecule has 0 amide bonds. The number of benzene rings is 1. The summed E-state index contributed by atoms with van der Waals surface area (Å²) in [5.74, 6) is 0. The summed E-state index contributed by atoms with van der Waals surface area (Å²) in [6.45, 7) is 1.87. The van der Waals surface area contributed by atoms with Crippen LogP contribution in [0.25, 0.3) is 11.1 Å². The highest BCUT2D eigenvalue weighted by molar-refractivity contribution is 5.96. The SMILES string of the molecule is C/C(=N/N=c1\oc2ccccc2n1C)c1ccccn1. The van der Waals surface area contributed by atoms with Gasteiger partial charge in [-0.1, -0.05) is 23.3 Å². The first kappa shape index (κ1) is 12.3. The van der Waals surface area contributed by atoms with Crippen LogP contribution in [0.2, 0.25) is 0 Å². The molecule has 0 aliphatic heterocycles. The van der Waals surface area contributed by atoms with Gasteiger partial charge in [0, 0.05) is 13.2 Å². The molecular formula is C15H14N4O. The van der Waals surface area contributed by atoms with Crippen LogP contribution in [0.15, 0.2) is 63.3 Å². The Labute approximate surface area is 115 Å². The molecule has 0 aliphatic rings. The van der Waals surface area contributed by atoms with E-state index in [0.717, 1.165) is 22.5 Å². The number of hydrogen-bond acceptors (Lipinski definition) is 4. The molecule has 0 fully saturated rings. The Bertz CT molecular complexity index is 828. The van der Waals surface area contributed by atoms with Gasteiger partial charge in [-0.25, -0.2) is 0 Å². The van der Waals surface area contributed by atoms with Crippen LogP contribution in [0, 0.1) is 0 Å². The second-order valence-electron chi connectivity index (χ2n) is 4.41. The summed E-state index contributed by atoms with van der Waals surface area (Å²) in [4.78, 5) is 4.23. The van der Waals surface area contributed by atoms with E-state index in [1.807, 2.05) is 61.0 Å². The van der Waals surface area contributed by atoms with Crippen LogP contribution in [0.5, 0.6) is 0 Å². The molecule has 3 aromatic rings. The molecule has 1 aromatic carbocycles. The van der Waals surface area contributed by atoms with E-state index < -0.39 is 0 Å². The molecule has 0 saturated heterocycles. The van der Waals surface area contributed by atoms with E-state index in [1.165, 1.54) is 0 Å². The molecule has 3 rings (SSSR count). The van der Waals surface area contributed by atoms with Crippen molar-refractivity contribution in [2.45, 2.75) is 6.92 Å². The first-order chi connectivity index (χ1) is 9.75. The molecule has 0 aliphatic carbocycles. The minimum Gasteiger partial charge on any atom is -0.422 e. The van der Waals surface area contributed by atoms with Crippen molar-refractivity contribution in [3.63, 3.8) is 0 Å². The van der Waals surface area contributed by atoms with Gasteiger partial charge in [-0.15, -0.1) is 5.10 Å². The molecule has 2 heterocycles. The van der Waals surface area contributed by atoms with Gasteiger partial charge in [-0.3, -0.25) is 9.55 Å². The highest BCUT2D eigenvalue weighted by atomic mass is 16.4. The van der Waals surface area contributed by atoms with Crippen molar-refractivity contribution in [3.8, 4) is 0 Å². The Kier molecular flexibility index (Phi) is 3.16. The van der Waals surface area contributed by atoms with E-state index in [4.69, 9.17) is 4.42 Å². The maximum atomic E-state index is 5.65. The van der Waals surface area contributed by atoms with E-state index in [1.54, 1.807) is 6.20 Å². The molecule has 5 heteroatoms. The smallest absolute Gasteiger partial charge is 0.321 e. The Morgan fingerprint density at radius 1 is 1.15 bits per heavy atom. The third-order valence-corrected chi connectivity index (χ3v) is 3.04. The third kappa shape index (κ3) is 2.25. The Morgan fingerprint density at radius 3 is 2.70 bits per heavy atom. The zero-order valence-electron chi connectivity index (χ0n) is 11.3. The van der Waals surface area contributed by atoms with Gasteiger partial charge in [0.05, 0.1) is 16.9 Å². The average molecular weight is 266 g/mol. The monoisotopic (exact) mass is 266 g/mol. The lowest BCUT2D eigenvalue weighted by atomic mass is 10.3. The molecule has 0 radical (unpaired) electrons. The normalized spacial score (nSPS) is 13.1. The minimum atomic E-state index is 0.460. The average Bonchev–Trinajstić information content (AvgIpc) is 2.83. The number of para-hydroxylation sites is 2. The first-order valence-corrected chi connectivity index (χ1v) is 6.30. The van der Waals surface area contributed by atoms with Crippen molar-refractivity contribution in [2.24, 2.45) is 17.3 Å². The van der Waals surface area contributed by atoms with Gasteiger partial charge in [0.1, 0.15) is 0 Å². The number of oxazole rings is 1. The molecule has 0 saturated carbocycles. The van der Waals surface area contributed by atoms with Gasteiger partial charge in [0.2, 0.25) is 0 Å². The standard InChI is InChI=1S/C15H14N4O/c1-11(12-7-5-6-10-16-12)17-18-15-19(2)13-8-3-4-9-14(13)20-15/h3-10H,1-2H3/b17-11-,18-15-. The maximum absolute atomic E-state index is 5.65. The molecule has 0 unspecified atom stereocenters. The quantitative estimate of drug-likeness (QED) is 0.528. The number of aromatic nitrogens is 2. The lowest BCUT2D eigenvalue weighted by molar-refractivity contribution is 0.501. The van der Waals surface area contributed by atoms with Gasteiger partial charge in [0.15, 0.2) is 5.58 Å². The van der Waals surface area contributed by atoms with E-state index in [-0.39, 0.29) is 0 Å². The predicted molar refractivity (Wildman–Crippen MR) is 77.2 cm³/mol. The fourth-order valence-electron chi connectivity index (χ4n) is 1.92. The van der Waals surface area contributed by atoms with Crippen molar-refractivity contribution in [2.75, 3.05) is 0 Å². The largest absolute Gasteiger partial charge is 0.422 e. The Morgan fingerprint density at radius 2 is 1.95 bits per heavy atom. The summed E-state index contributed by atoms with van der Waals surface area (Å²) in [5.41, 5.74) is 3.78. The molecule has 0 bridgehead atoms. The molecule has 20 heavy (non-hydrogen) atoms. The van der Waals surface area contributed by atoms with Gasteiger partial charge >= 0.3 is 5.68 Å². The van der Waals surface area contributed by atoms with Crippen LogP contribution in [-0.2, 0) is 7.05 Å². The van der Waals surface area contributed by atoms with Crippen molar-refractivity contribution >= 4 is 16.8 Å². The number of hydrogen-bond donors (Lipinski definition) is 0. The summed E-state index contributed by atoms with van der Waals surface area (Å²) >= 11 is 0. The predicted octanol–water partition coefficient (Wildman–Crippen LogP) is 2.49. The maximum Gasteiger partial charge on any atom is 0.321 e. The van der Waals surface area contributed by atoms with Crippen LogP contribution in [0.4, 0.5) is 0 Å². The molecule has 100 valence electrons. The van der Waals surface area contributed by atoms with E-state index in [9.17, 15) is 0 Å². The fraction of sp³-hybridized carbons (Fsp3) is 0.133. The van der Waals surface area contributed by atoms with Gasteiger partial charge < -0.3 is 4.42 Å². The summed E-state index contributed by atoms with van der Waals surface area (Å²) in [7, 11) is 1.90. The first-order valence-electron chi connectivity index (χ1n) is 6.30. The van der Waals surface area contributed by atoms with Gasteiger partial charge in [-0.2, -0.15) is 0 Å². The lowest BCUT2D eigenvalue weighted by Gasteiger charge is -1.95. The van der Waals surface area contributed by atoms with Crippen LogP contribution in [-0.4, -0.2) is 15.3 Å². The number of pyridine rings is 1. The minimum absolute atomic E-state index is 0.460. The Balaban J connectivity index is 2.05. The summed E-state index contributed by atoms with van der Waals surface area (Å²) < 4.78 is 7.52. The second-order valence-corrected chi connectivity index (χ2v) is 4.41. The highest BCUT2D eigenvalue weighted by Crippen LogP contribution is 2.10. The Hall–Kier alpha value is -2.69. The summed E-state index contributed by atoms with van der Waals surface area (Å²) in [5, 5.41) is 8.35.